The number of aromatic nitrogens is 2. The van der Waals surface area contributed by atoms with E-state index in [1.807, 2.05) is 12.4 Å². The maximum absolute atomic E-state index is 4.64. The molecule has 2 nitrogen and oxygen atoms in total. The highest BCUT2D eigenvalue weighted by Crippen LogP contribution is 2.44. The molecule has 0 aliphatic carbocycles. The quantitative estimate of drug-likeness (QED) is 0.196. The number of nitrogens with zero attached hydrogens (tertiary/aromatic N) is 2. The fraction of sp³-hybridized carbons (Fsp3) is 0.100. The Labute approximate surface area is 247 Å². The summed E-state index contributed by atoms with van der Waals surface area (Å²) in [5, 5.41) is 5.02. The van der Waals surface area contributed by atoms with Gasteiger partial charge in [-0.15, -0.1) is 0 Å². The van der Waals surface area contributed by atoms with Crippen LogP contribution in [0.4, 0.5) is 0 Å². The molecule has 0 unspecified atom stereocenters. The van der Waals surface area contributed by atoms with Gasteiger partial charge < -0.3 is 0 Å². The van der Waals surface area contributed by atoms with Gasteiger partial charge in [0.25, 0.3) is 0 Å². The maximum atomic E-state index is 4.64. The third-order valence-corrected chi connectivity index (χ3v) is 8.34. The Morgan fingerprint density at radius 2 is 0.738 bits per heavy atom. The number of fused-ring (bicyclic) bond motifs is 2. The van der Waals surface area contributed by atoms with Crippen molar-refractivity contribution in [2.24, 2.45) is 0 Å². The molecular weight excluding hydrogens is 508 g/mol. The Bertz CT molecular complexity index is 1830. The van der Waals surface area contributed by atoms with Crippen LogP contribution in [0.25, 0.3) is 66.3 Å². The Hall–Kier alpha value is -5.08. The van der Waals surface area contributed by atoms with Crippen molar-refractivity contribution < 1.29 is 0 Å². The van der Waals surface area contributed by atoms with Crippen LogP contribution in [0.3, 0.4) is 0 Å². The van der Waals surface area contributed by atoms with E-state index in [0.717, 1.165) is 35.4 Å². The van der Waals surface area contributed by atoms with E-state index in [4.69, 9.17) is 0 Å². The molecule has 42 heavy (non-hydrogen) atoms. The second kappa shape index (κ2) is 11.1. The van der Waals surface area contributed by atoms with Crippen LogP contribution in [0.2, 0.25) is 0 Å². The second-order valence-electron chi connectivity index (χ2n) is 10.8. The molecule has 202 valence electrons. The lowest BCUT2D eigenvalue weighted by atomic mass is 9.85. The summed E-state index contributed by atoms with van der Waals surface area (Å²) in [5.41, 5.74) is 11.9. The van der Waals surface area contributed by atoms with Crippen molar-refractivity contribution >= 4 is 21.5 Å². The summed E-state index contributed by atoms with van der Waals surface area (Å²) >= 11 is 0. The molecule has 0 saturated carbocycles. The van der Waals surface area contributed by atoms with E-state index in [1.54, 1.807) is 0 Å². The lowest BCUT2D eigenvalue weighted by Gasteiger charge is -2.18. The number of rotatable bonds is 6. The highest BCUT2D eigenvalue weighted by Gasteiger charge is 2.17. The van der Waals surface area contributed by atoms with Gasteiger partial charge >= 0.3 is 0 Å². The van der Waals surface area contributed by atoms with Crippen molar-refractivity contribution in [3.8, 4) is 44.8 Å². The monoisotopic (exact) mass is 540 g/mol. The minimum Gasteiger partial charge on any atom is -0.256 e. The van der Waals surface area contributed by atoms with Crippen LogP contribution in [-0.4, -0.2) is 9.97 Å². The second-order valence-corrected chi connectivity index (χ2v) is 10.8. The molecule has 2 aromatic heterocycles. The first-order valence-corrected chi connectivity index (χ1v) is 14.8. The summed E-state index contributed by atoms with van der Waals surface area (Å²) in [7, 11) is 0. The molecule has 0 radical (unpaired) electrons. The van der Waals surface area contributed by atoms with E-state index in [9.17, 15) is 0 Å². The number of hydrogen-bond donors (Lipinski definition) is 0. The summed E-state index contributed by atoms with van der Waals surface area (Å²) in [4.78, 5) is 9.27. The van der Waals surface area contributed by atoms with Crippen molar-refractivity contribution in [3.05, 3.63) is 145 Å². The van der Waals surface area contributed by atoms with Gasteiger partial charge in [-0.1, -0.05) is 111 Å². The molecule has 0 amide bonds. The van der Waals surface area contributed by atoms with Gasteiger partial charge in [-0.3, -0.25) is 9.97 Å². The standard InChI is InChI=1S/C40H32N2/c1-3-27-21-23-41-37(25-27)29-13-17-31(18-14-29)39-33-9-5-7-11-35(33)40(36-12-8-6-10-34(36)39)32-19-15-30(16-20-32)38-26-28(4-2)22-24-42-38/h5-26H,3-4H2,1-2H3. The Balaban J connectivity index is 1.37. The van der Waals surface area contributed by atoms with Crippen molar-refractivity contribution in [2.45, 2.75) is 26.7 Å². The molecule has 0 atom stereocenters. The number of benzene rings is 5. The first-order valence-electron chi connectivity index (χ1n) is 14.8. The molecule has 0 aliphatic heterocycles. The van der Waals surface area contributed by atoms with Crippen LogP contribution >= 0.6 is 0 Å². The normalized spacial score (nSPS) is 11.3. The van der Waals surface area contributed by atoms with E-state index in [-0.39, 0.29) is 0 Å². The number of aryl methyl sites for hydroxylation is 2. The van der Waals surface area contributed by atoms with Crippen LogP contribution in [0.15, 0.2) is 134 Å². The van der Waals surface area contributed by atoms with Gasteiger partial charge in [-0.05, 0) is 92.0 Å². The van der Waals surface area contributed by atoms with Gasteiger partial charge in [0, 0.05) is 23.5 Å². The first kappa shape index (κ1) is 25.9. The molecule has 0 saturated heterocycles. The number of hydrogen-bond acceptors (Lipinski definition) is 2. The largest absolute Gasteiger partial charge is 0.256 e. The van der Waals surface area contributed by atoms with Crippen LogP contribution in [-0.2, 0) is 12.8 Å². The average Bonchev–Trinajstić information content (AvgIpc) is 3.07. The fourth-order valence-electron chi connectivity index (χ4n) is 6.07. The van der Waals surface area contributed by atoms with Gasteiger partial charge in [-0.2, -0.15) is 0 Å². The van der Waals surface area contributed by atoms with Gasteiger partial charge in [0.15, 0.2) is 0 Å². The highest BCUT2D eigenvalue weighted by atomic mass is 14.7. The molecular formula is C40H32N2. The summed E-state index contributed by atoms with van der Waals surface area (Å²) in [6.07, 6.45) is 5.83. The van der Waals surface area contributed by atoms with E-state index >= 15 is 0 Å². The summed E-state index contributed by atoms with van der Waals surface area (Å²) < 4.78 is 0. The number of pyridine rings is 2. The third-order valence-electron chi connectivity index (χ3n) is 8.34. The molecule has 0 N–H and O–H groups in total. The maximum Gasteiger partial charge on any atom is 0.0704 e. The van der Waals surface area contributed by atoms with E-state index in [0.29, 0.717) is 0 Å². The Morgan fingerprint density at radius 1 is 0.405 bits per heavy atom. The molecule has 0 aliphatic rings. The van der Waals surface area contributed by atoms with Crippen molar-refractivity contribution in [1.29, 1.82) is 0 Å². The first-order chi connectivity index (χ1) is 20.7. The van der Waals surface area contributed by atoms with Gasteiger partial charge in [0.2, 0.25) is 0 Å². The van der Waals surface area contributed by atoms with Gasteiger partial charge in [-0.25, -0.2) is 0 Å². The zero-order valence-corrected chi connectivity index (χ0v) is 24.0. The van der Waals surface area contributed by atoms with Crippen molar-refractivity contribution in [1.82, 2.24) is 9.97 Å². The third kappa shape index (κ3) is 4.65. The summed E-state index contributed by atoms with van der Waals surface area (Å²) in [6, 6.07) is 44.0. The van der Waals surface area contributed by atoms with Crippen LogP contribution in [0.5, 0.6) is 0 Å². The zero-order chi connectivity index (χ0) is 28.5. The summed E-state index contributed by atoms with van der Waals surface area (Å²) in [6.45, 7) is 4.36. The molecule has 2 heteroatoms. The fourth-order valence-corrected chi connectivity index (χ4v) is 6.07. The van der Waals surface area contributed by atoms with Gasteiger partial charge in [0.05, 0.1) is 11.4 Å². The summed E-state index contributed by atoms with van der Waals surface area (Å²) in [5.74, 6) is 0. The lowest BCUT2D eigenvalue weighted by Crippen LogP contribution is -1.92. The Kier molecular flexibility index (Phi) is 6.81. The Morgan fingerprint density at radius 3 is 1.07 bits per heavy atom. The predicted octanol–water partition coefficient (Wildman–Crippen LogP) is 10.6. The molecule has 2 heterocycles. The topological polar surface area (TPSA) is 25.8 Å². The zero-order valence-electron chi connectivity index (χ0n) is 24.0. The van der Waals surface area contributed by atoms with Crippen LogP contribution in [0, 0.1) is 0 Å². The minimum absolute atomic E-state index is 1.00. The van der Waals surface area contributed by atoms with Crippen molar-refractivity contribution in [2.75, 3.05) is 0 Å². The molecule has 5 aromatic carbocycles. The lowest BCUT2D eigenvalue weighted by molar-refractivity contribution is 1.12. The molecule has 0 bridgehead atoms. The van der Waals surface area contributed by atoms with Crippen molar-refractivity contribution in [3.63, 3.8) is 0 Å². The van der Waals surface area contributed by atoms with E-state index < -0.39 is 0 Å². The van der Waals surface area contributed by atoms with Crippen LogP contribution < -0.4 is 0 Å². The molecule has 7 aromatic rings. The molecule has 0 spiro atoms. The van der Waals surface area contributed by atoms with Gasteiger partial charge in [0.1, 0.15) is 0 Å². The van der Waals surface area contributed by atoms with Crippen LogP contribution in [0.1, 0.15) is 25.0 Å². The molecule has 7 rings (SSSR count). The predicted molar refractivity (Wildman–Crippen MR) is 178 cm³/mol. The van der Waals surface area contributed by atoms with E-state index in [2.05, 4.69) is 145 Å². The highest BCUT2D eigenvalue weighted by molar-refractivity contribution is 6.21. The average molecular weight is 541 g/mol. The SMILES string of the molecule is CCc1ccnc(-c2ccc(-c3c4ccccc4c(-c4ccc(-c5cc(CC)ccn5)cc4)c4ccccc34)cc2)c1. The smallest absolute Gasteiger partial charge is 0.0704 e. The molecule has 0 fully saturated rings. The van der Waals surface area contributed by atoms with E-state index in [1.165, 1.54) is 54.9 Å². The minimum atomic E-state index is 1.00.